The van der Waals surface area contributed by atoms with Gasteiger partial charge < -0.3 is 25.1 Å². The van der Waals surface area contributed by atoms with Crippen LogP contribution in [0.25, 0.3) is 5.53 Å². The van der Waals surface area contributed by atoms with Crippen LogP contribution in [0.5, 0.6) is 5.75 Å². The summed E-state index contributed by atoms with van der Waals surface area (Å²) in [5, 5.41) is 0.870. The molecule has 2 aliphatic rings. The van der Waals surface area contributed by atoms with Crippen LogP contribution in [0.4, 0.5) is 0 Å². The lowest BCUT2D eigenvalue weighted by atomic mass is 9.98. The highest BCUT2D eigenvalue weighted by Gasteiger charge is 2.61. The van der Waals surface area contributed by atoms with Crippen molar-refractivity contribution in [3.8, 4) is 5.75 Å². The molecule has 0 aromatic heterocycles. The normalized spacial score (nSPS) is 21.4. The standard InChI is InChI=1S/C22H24N4O8S/c1-12-16(20(29)33-11-34-21(30)22(2,3)4)26-18(28)15(19(26)35(31)17(12)25-23)24-14(27)10-32-13-8-6-5-7-9-13/h5-9,15,19H,10-11H2,1-4H3,(H,24,27)/t15?,19-,35-/m0/s1. The summed E-state index contributed by atoms with van der Waals surface area (Å²) in [5.74, 6) is -2.60. The molecular formula is C22H24N4O8S. The van der Waals surface area contributed by atoms with Crippen molar-refractivity contribution in [2.24, 2.45) is 5.41 Å². The molecule has 2 aliphatic heterocycles. The number of fused-ring (bicyclic) bond motifs is 1. The van der Waals surface area contributed by atoms with Gasteiger partial charge in [0.15, 0.2) is 22.8 Å². The number of β-lactam (4-membered cyclic amide) rings is 1. The number of para-hydroxylation sites is 1. The van der Waals surface area contributed by atoms with Gasteiger partial charge in [0.1, 0.15) is 17.5 Å². The third kappa shape index (κ3) is 5.31. The zero-order chi connectivity index (χ0) is 25.9. The SMILES string of the molecule is CC1=C(C(=O)OCOC(=O)C(C)(C)C)N2C(=O)C(NC(=O)COc3ccccc3)[C@@H]2[S@@](=O)C1=[N+]=[N-]. The maximum atomic E-state index is 12.9. The van der Waals surface area contributed by atoms with E-state index >= 15 is 0 Å². The number of carbonyl (C=O) groups is 4. The van der Waals surface area contributed by atoms with Gasteiger partial charge in [-0.25, -0.2) is 9.00 Å². The summed E-state index contributed by atoms with van der Waals surface area (Å²) in [6, 6.07) is 7.26. The largest absolute Gasteiger partial charge is 0.484 e. The zero-order valence-corrected chi connectivity index (χ0v) is 20.3. The number of esters is 2. The molecular weight excluding hydrogens is 480 g/mol. The minimum Gasteiger partial charge on any atom is -0.484 e. The monoisotopic (exact) mass is 504 g/mol. The smallest absolute Gasteiger partial charge is 0.386 e. The molecule has 3 atom stereocenters. The summed E-state index contributed by atoms with van der Waals surface area (Å²) >= 11 is 0. The number of benzene rings is 1. The van der Waals surface area contributed by atoms with E-state index < -0.39 is 64.8 Å². The van der Waals surface area contributed by atoms with Crippen molar-refractivity contribution < 1.29 is 42.4 Å². The molecule has 2 heterocycles. The van der Waals surface area contributed by atoms with Crippen LogP contribution < -0.4 is 10.1 Å². The van der Waals surface area contributed by atoms with E-state index in [-0.39, 0.29) is 16.3 Å². The highest BCUT2D eigenvalue weighted by Crippen LogP contribution is 2.36. The average molecular weight is 505 g/mol. The number of hydrogen-bond donors (Lipinski definition) is 1. The lowest BCUT2D eigenvalue weighted by molar-refractivity contribution is -0.173. The van der Waals surface area contributed by atoms with Gasteiger partial charge in [-0.15, -0.1) is 0 Å². The number of rotatable bonds is 7. The first-order valence-electron chi connectivity index (χ1n) is 10.5. The summed E-state index contributed by atoms with van der Waals surface area (Å²) in [5.41, 5.74) is 8.16. The van der Waals surface area contributed by atoms with Gasteiger partial charge in [0, 0.05) is 0 Å². The van der Waals surface area contributed by atoms with Gasteiger partial charge in [-0.2, -0.15) is 4.79 Å². The minimum absolute atomic E-state index is 0.0558. The molecule has 3 rings (SSSR count). The van der Waals surface area contributed by atoms with Crippen molar-refractivity contribution in [2.45, 2.75) is 39.1 Å². The number of ether oxygens (including phenoxy) is 3. The lowest BCUT2D eigenvalue weighted by Gasteiger charge is -2.47. The first-order chi connectivity index (χ1) is 16.5. The van der Waals surface area contributed by atoms with Crippen molar-refractivity contribution in [3.63, 3.8) is 0 Å². The molecule has 0 aliphatic carbocycles. The van der Waals surface area contributed by atoms with Gasteiger partial charge in [-0.05, 0) is 39.8 Å². The first-order valence-corrected chi connectivity index (χ1v) is 11.7. The zero-order valence-electron chi connectivity index (χ0n) is 19.5. The quantitative estimate of drug-likeness (QED) is 0.184. The van der Waals surface area contributed by atoms with Crippen LogP contribution in [-0.4, -0.2) is 67.5 Å². The molecule has 12 nitrogen and oxygen atoms in total. The predicted octanol–water partition coefficient (Wildman–Crippen LogP) is 0.473. The van der Waals surface area contributed by atoms with E-state index in [9.17, 15) is 28.9 Å². The third-order valence-electron chi connectivity index (χ3n) is 5.08. The topological polar surface area (TPSA) is 165 Å². The molecule has 186 valence electrons. The van der Waals surface area contributed by atoms with E-state index in [1.165, 1.54) is 6.92 Å². The van der Waals surface area contributed by atoms with Gasteiger partial charge in [-0.1, -0.05) is 18.2 Å². The summed E-state index contributed by atoms with van der Waals surface area (Å²) in [4.78, 5) is 53.7. The second kappa shape index (κ2) is 10.2. The Bertz CT molecular complexity index is 1170. The van der Waals surface area contributed by atoms with Crippen LogP contribution in [0.2, 0.25) is 0 Å². The molecule has 1 aromatic rings. The maximum absolute atomic E-state index is 12.9. The molecule has 35 heavy (non-hydrogen) atoms. The van der Waals surface area contributed by atoms with Crippen molar-refractivity contribution in [2.75, 3.05) is 13.4 Å². The molecule has 0 radical (unpaired) electrons. The Morgan fingerprint density at radius 1 is 1.17 bits per heavy atom. The van der Waals surface area contributed by atoms with Gasteiger partial charge in [0.2, 0.25) is 6.79 Å². The Balaban J connectivity index is 1.71. The van der Waals surface area contributed by atoms with Gasteiger partial charge >= 0.3 is 17.0 Å². The van der Waals surface area contributed by atoms with E-state index in [2.05, 4.69) is 10.1 Å². The molecule has 0 spiro atoms. The number of nitrogens with one attached hydrogen (secondary N) is 1. The van der Waals surface area contributed by atoms with Crippen LogP contribution in [0.1, 0.15) is 27.7 Å². The summed E-state index contributed by atoms with van der Waals surface area (Å²) in [6.45, 7) is 5.06. The van der Waals surface area contributed by atoms with E-state index in [1.54, 1.807) is 51.1 Å². The van der Waals surface area contributed by atoms with Crippen LogP contribution in [-0.2, 0) is 39.5 Å². The Kier molecular flexibility index (Phi) is 7.51. The first kappa shape index (κ1) is 25.8. The molecule has 1 aromatic carbocycles. The number of carbonyl (C=O) groups excluding carboxylic acids is 4. The highest BCUT2D eigenvalue weighted by molar-refractivity contribution is 8.01. The highest BCUT2D eigenvalue weighted by atomic mass is 32.2. The lowest BCUT2D eigenvalue weighted by Crippen LogP contribution is -2.74. The second-order valence-electron chi connectivity index (χ2n) is 8.65. The van der Waals surface area contributed by atoms with Gasteiger partial charge in [0.25, 0.3) is 11.8 Å². The van der Waals surface area contributed by atoms with Crippen molar-refractivity contribution in [1.82, 2.24) is 10.2 Å². The third-order valence-corrected chi connectivity index (χ3v) is 6.77. The fourth-order valence-corrected chi connectivity index (χ4v) is 4.81. The van der Waals surface area contributed by atoms with Crippen molar-refractivity contribution in [3.05, 3.63) is 47.1 Å². The maximum Gasteiger partial charge on any atom is 0.386 e. The van der Waals surface area contributed by atoms with E-state index in [1.807, 2.05) is 0 Å². The minimum atomic E-state index is -2.07. The fourth-order valence-electron chi connectivity index (χ4n) is 3.27. The average Bonchev–Trinajstić information content (AvgIpc) is 2.81. The van der Waals surface area contributed by atoms with Crippen LogP contribution in [0.3, 0.4) is 0 Å². The molecule has 0 bridgehead atoms. The van der Waals surface area contributed by atoms with Gasteiger partial charge in [0.05, 0.1) is 11.0 Å². The summed E-state index contributed by atoms with van der Waals surface area (Å²) < 4.78 is 28.1. The predicted molar refractivity (Wildman–Crippen MR) is 120 cm³/mol. The fraction of sp³-hybridized carbons (Fsp3) is 0.409. The Morgan fingerprint density at radius 2 is 1.83 bits per heavy atom. The number of hydrogen-bond acceptors (Lipinski definition) is 8. The van der Waals surface area contributed by atoms with E-state index in [4.69, 9.17) is 14.2 Å². The second-order valence-corrected chi connectivity index (χ2v) is 10.1. The summed E-state index contributed by atoms with van der Waals surface area (Å²) in [6.07, 6.45) is 0. The Morgan fingerprint density at radius 3 is 2.43 bits per heavy atom. The van der Waals surface area contributed by atoms with Crippen LogP contribution in [0, 0.1) is 5.41 Å². The molecule has 13 heteroatoms. The summed E-state index contributed by atoms with van der Waals surface area (Å²) in [7, 11) is -2.07. The molecule has 1 unspecified atom stereocenters. The van der Waals surface area contributed by atoms with Crippen molar-refractivity contribution >= 4 is 39.6 Å². The van der Waals surface area contributed by atoms with Crippen molar-refractivity contribution in [1.29, 1.82) is 0 Å². The molecule has 0 saturated carbocycles. The Labute approximate surface area is 203 Å². The van der Waals surface area contributed by atoms with E-state index in [0.717, 1.165) is 4.90 Å². The number of nitrogens with zero attached hydrogens (tertiary/aromatic N) is 3. The molecule has 1 N–H and O–H groups in total. The molecule has 2 amide bonds. The van der Waals surface area contributed by atoms with Gasteiger partial charge in [-0.3, -0.25) is 19.3 Å². The van der Waals surface area contributed by atoms with Crippen LogP contribution >= 0.6 is 0 Å². The van der Waals surface area contributed by atoms with E-state index in [0.29, 0.717) is 5.75 Å². The molecule has 1 fully saturated rings. The Hall–Kier alpha value is -3.83. The molecule has 1 saturated heterocycles. The number of amides is 2. The van der Waals surface area contributed by atoms with Crippen LogP contribution in [0.15, 0.2) is 41.6 Å².